The quantitative estimate of drug-likeness (QED) is 0.833. The summed E-state index contributed by atoms with van der Waals surface area (Å²) in [6.45, 7) is 1.09. The summed E-state index contributed by atoms with van der Waals surface area (Å²) in [5.41, 5.74) is 1.65. The van der Waals surface area contributed by atoms with Crippen molar-refractivity contribution in [2.75, 3.05) is 19.7 Å². The predicted molar refractivity (Wildman–Crippen MR) is 93.6 cm³/mol. The summed E-state index contributed by atoms with van der Waals surface area (Å²) in [5, 5.41) is 11.6. The van der Waals surface area contributed by atoms with Crippen molar-refractivity contribution in [1.29, 1.82) is 0 Å². The third-order valence-corrected chi connectivity index (χ3v) is 4.99. The van der Waals surface area contributed by atoms with Crippen LogP contribution in [0.25, 0.3) is 0 Å². The molecule has 1 fully saturated rings. The maximum atomic E-state index is 13.0. The predicted octanol–water partition coefficient (Wildman–Crippen LogP) is 2.12. The van der Waals surface area contributed by atoms with Gasteiger partial charge in [-0.25, -0.2) is 9.37 Å². The monoisotopic (exact) mass is 378 g/mol. The van der Waals surface area contributed by atoms with Crippen LogP contribution in [0.2, 0.25) is 0 Å². The van der Waals surface area contributed by atoms with Gasteiger partial charge in [0, 0.05) is 24.9 Å². The third kappa shape index (κ3) is 5.09. The fourth-order valence-corrected chi connectivity index (χ4v) is 3.65. The van der Waals surface area contributed by atoms with E-state index in [9.17, 15) is 14.0 Å². The maximum Gasteiger partial charge on any atom is 0.306 e. The summed E-state index contributed by atoms with van der Waals surface area (Å²) in [4.78, 5) is 29.4. The minimum absolute atomic E-state index is 0.0812. The number of thiazole rings is 1. The minimum atomic E-state index is -0.936. The zero-order valence-corrected chi connectivity index (χ0v) is 14.9. The molecule has 1 aliphatic rings. The van der Waals surface area contributed by atoms with Crippen molar-refractivity contribution in [3.63, 3.8) is 0 Å². The molecule has 138 valence electrons. The molecule has 1 saturated heterocycles. The first kappa shape index (κ1) is 18.5. The molecule has 1 aromatic heterocycles. The summed E-state index contributed by atoms with van der Waals surface area (Å²) in [5.74, 6) is -1.29. The molecule has 1 aromatic carbocycles. The van der Waals surface area contributed by atoms with Crippen LogP contribution in [0.4, 0.5) is 4.39 Å². The first-order valence-corrected chi connectivity index (χ1v) is 9.16. The lowest BCUT2D eigenvalue weighted by molar-refractivity contribution is -0.147. The van der Waals surface area contributed by atoms with Crippen molar-refractivity contribution in [1.82, 2.24) is 9.88 Å². The van der Waals surface area contributed by atoms with Crippen LogP contribution in [0, 0.1) is 5.82 Å². The van der Waals surface area contributed by atoms with Gasteiger partial charge in [0.15, 0.2) is 0 Å². The molecule has 8 heteroatoms. The fourth-order valence-electron chi connectivity index (χ4n) is 2.82. The number of benzene rings is 1. The third-order valence-electron chi connectivity index (χ3n) is 4.09. The van der Waals surface area contributed by atoms with Gasteiger partial charge in [-0.2, -0.15) is 0 Å². The van der Waals surface area contributed by atoms with Gasteiger partial charge < -0.3 is 14.7 Å². The molecule has 1 atom stereocenters. The van der Waals surface area contributed by atoms with Gasteiger partial charge in [-0.3, -0.25) is 9.59 Å². The van der Waals surface area contributed by atoms with Crippen LogP contribution in [0.1, 0.15) is 22.7 Å². The molecule has 0 saturated carbocycles. The highest BCUT2D eigenvalue weighted by Gasteiger charge is 2.26. The first-order chi connectivity index (χ1) is 12.5. The van der Waals surface area contributed by atoms with E-state index in [1.54, 1.807) is 17.0 Å². The van der Waals surface area contributed by atoms with E-state index >= 15 is 0 Å². The molecule has 0 bridgehead atoms. The molecule has 0 aliphatic carbocycles. The van der Waals surface area contributed by atoms with E-state index in [-0.39, 0.29) is 31.1 Å². The van der Waals surface area contributed by atoms with Gasteiger partial charge in [0.2, 0.25) is 5.91 Å². The molecule has 26 heavy (non-hydrogen) atoms. The summed E-state index contributed by atoms with van der Waals surface area (Å²) in [6.07, 6.45) is 0.203. The van der Waals surface area contributed by atoms with E-state index in [2.05, 4.69) is 4.98 Å². The van der Waals surface area contributed by atoms with Gasteiger partial charge >= 0.3 is 5.97 Å². The smallest absolute Gasteiger partial charge is 0.306 e. The van der Waals surface area contributed by atoms with E-state index in [1.807, 2.05) is 5.38 Å². The SMILES string of the molecule is O=C(O)C[C@H]1CN(C(=O)Cc2csc(Cc3ccc(F)cc3)n2)CCO1. The van der Waals surface area contributed by atoms with Gasteiger partial charge in [-0.05, 0) is 17.7 Å². The highest BCUT2D eigenvalue weighted by Crippen LogP contribution is 2.17. The second-order valence-electron chi connectivity index (χ2n) is 6.14. The largest absolute Gasteiger partial charge is 0.481 e. The highest BCUT2D eigenvalue weighted by atomic mass is 32.1. The molecule has 0 spiro atoms. The molecular formula is C18H19FN2O4S. The van der Waals surface area contributed by atoms with Crippen LogP contribution in [0.15, 0.2) is 29.6 Å². The Bertz CT molecular complexity index is 778. The summed E-state index contributed by atoms with van der Waals surface area (Å²) < 4.78 is 18.3. The number of carboxylic acid groups (broad SMARTS) is 1. The van der Waals surface area contributed by atoms with Crippen molar-refractivity contribution in [3.05, 3.63) is 51.7 Å². The number of aliphatic carboxylic acids is 1. The van der Waals surface area contributed by atoms with Crippen molar-refractivity contribution >= 4 is 23.2 Å². The fraction of sp³-hybridized carbons (Fsp3) is 0.389. The Morgan fingerprint density at radius 2 is 2.12 bits per heavy atom. The normalized spacial score (nSPS) is 17.3. The zero-order valence-electron chi connectivity index (χ0n) is 14.1. The molecular weight excluding hydrogens is 359 g/mol. The van der Waals surface area contributed by atoms with Crippen LogP contribution < -0.4 is 0 Å². The average molecular weight is 378 g/mol. The Labute approximate surface area is 154 Å². The summed E-state index contributed by atoms with van der Waals surface area (Å²) in [6, 6.07) is 6.27. The van der Waals surface area contributed by atoms with Crippen LogP contribution in [-0.4, -0.2) is 52.7 Å². The standard InChI is InChI=1S/C18H19FN2O4S/c19-13-3-1-12(2-4-13)7-16-20-14(11-26-16)8-17(22)21-5-6-25-15(10-21)9-18(23)24/h1-4,11,15H,5-10H2,(H,23,24)/t15-/m0/s1. The van der Waals surface area contributed by atoms with Gasteiger partial charge in [0.1, 0.15) is 5.82 Å². The maximum absolute atomic E-state index is 13.0. The first-order valence-electron chi connectivity index (χ1n) is 8.28. The molecule has 1 aliphatic heterocycles. The number of ether oxygens (including phenoxy) is 1. The second-order valence-corrected chi connectivity index (χ2v) is 7.09. The van der Waals surface area contributed by atoms with Crippen LogP contribution in [0.3, 0.4) is 0 Å². The van der Waals surface area contributed by atoms with Crippen molar-refractivity contribution < 1.29 is 23.8 Å². The topological polar surface area (TPSA) is 79.7 Å². The Balaban J connectivity index is 1.55. The lowest BCUT2D eigenvalue weighted by Crippen LogP contribution is -2.46. The van der Waals surface area contributed by atoms with Gasteiger partial charge in [0.05, 0.1) is 36.3 Å². The highest BCUT2D eigenvalue weighted by molar-refractivity contribution is 7.09. The molecule has 2 aromatic rings. The van der Waals surface area contributed by atoms with E-state index in [1.165, 1.54) is 23.5 Å². The van der Waals surface area contributed by atoms with Crippen LogP contribution in [-0.2, 0) is 27.2 Å². The number of morpholine rings is 1. The Hall–Kier alpha value is -2.32. The second kappa shape index (κ2) is 8.37. The number of carbonyl (C=O) groups is 2. The molecule has 0 unspecified atom stereocenters. The van der Waals surface area contributed by atoms with Crippen molar-refractivity contribution in [3.8, 4) is 0 Å². The van der Waals surface area contributed by atoms with Crippen molar-refractivity contribution in [2.45, 2.75) is 25.4 Å². The molecule has 1 amide bonds. The van der Waals surface area contributed by atoms with E-state index in [0.717, 1.165) is 10.6 Å². The van der Waals surface area contributed by atoms with E-state index in [4.69, 9.17) is 9.84 Å². The number of amides is 1. The number of halogens is 1. The van der Waals surface area contributed by atoms with Crippen LogP contribution >= 0.6 is 11.3 Å². The van der Waals surface area contributed by atoms with Gasteiger partial charge in [-0.15, -0.1) is 11.3 Å². The minimum Gasteiger partial charge on any atom is -0.481 e. The van der Waals surface area contributed by atoms with Crippen LogP contribution in [0.5, 0.6) is 0 Å². The Kier molecular flexibility index (Phi) is 5.95. The molecule has 2 heterocycles. The number of nitrogens with zero attached hydrogens (tertiary/aromatic N) is 2. The summed E-state index contributed by atoms with van der Waals surface area (Å²) in [7, 11) is 0. The number of rotatable bonds is 6. The van der Waals surface area contributed by atoms with E-state index < -0.39 is 12.1 Å². The number of carboxylic acids is 1. The van der Waals surface area contributed by atoms with E-state index in [0.29, 0.717) is 25.3 Å². The van der Waals surface area contributed by atoms with Crippen molar-refractivity contribution in [2.24, 2.45) is 0 Å². The van der Waals surface area contributed by atoms with Gasteiger partial charge in [0.25, 0.3) is 0 Å². The average Bonchev–Trinajstić information content (AvgIpc) is 3.03. The lowest BCUT2D eigenvalue weighted by Gasteiger charge is -2.32. The molecule has 3 rings (SSSR count). The lowest BCUT2D eigenvalue weighted by atomic mass is 10.1. The molecule has 1 N–H and O–H groups in total. The molecule has 6 nitrogen and oxygen atoms in total. The zero-order chi connectivity index (χ0) is 18.5. The Morgan fingerprint density at radius 1 is 1.35 bits per heavy atom. The van der Waals surface area contributed by atoms with Gasteiger partial charge in [-0.1, -0.05) is 12.1 Å². The summed E-state index contributed by atoms with van der Waals surface area (Å²) >= 11 is 1.47. The number of hydrogen-bond acceptors (Lipinski definition) is 5. The number of hydrogen-bond donors (Lipinski definition) is 1. The number of carbonyl (C=O) groups excluding carboxylic acids is 1. The number of aromatic nitrogens is 1. The Morgan fingerprint density at radius 3 is 2.85 bits per heavy atom. The molecule has 0 radical (unpaired) electrons.